The highest BCUT2D eigenvalue weighted by atomic mass is 16.5. The van der Waals surface area contributed by atoms with Crippen LogP contribution in [0.15, 0.2) is 18.3 Å². The van der Waals surface area contributed by atoms with Crippen LogP contribution >= 0.6 is 0 Å². The first-order chi connectivity index (χ1) is 11.3. The minimum absolute atomic E-state index is 0.148. The molecular weight excluding hydrogens is 308 g/mol. The maximum Gasteiger partial charge on any atom is 0.355 e. The third-order valence-corrected chi connectivity index (χ3v) is 3.97. The lowest BCUT2D eigenvalue weighted by molar-refractivity contribution is 0.0469. The molecule has 0 aliphatic carbocycles. The molecule has 0 fully saturated rings. The molecule has 0 aliphatic heterocycles. The molecule has 128 valence electrons. The fourth-order valence-electron chi connectivity index (χ4n) is 2.65. The van der Waals surface area contributed by atoms with E-state index in [0.29, 0.717) is 11.1 Å². The Hall–Kier alpha value is -2.63. The minimum atomic E-state index is -0.654. The third-order valence-electron chi connectivity index (χ3n) is 3.97. The van der Waals surface area contributed by atoms with Crippen molar-refractivity contribution in [3.63, 3.8) is 0 Å². The van der Waals surface area contributed by atoms with E-state index in [4.69, 9.17) is 4.74 Å². The maximum atomic E-state index is 12.3. The van der Waals surface area contributed by atoms with Gasteiger partial charge in [0, 0.05) is 35.3 Å². The Bertz CT molecular complexity index is 783. The summed E-state index contributed by atoms with van der Waals surface area (Å²) in [5, 5.41) is 0. The molecule has 0 atom stereocenters. The summed E-state index contributed by atoms with van der Waals surface area (Å²) in [6.45, 7) is 7.85. The van der Waals surface area contributed by atoms with Crippen LogP contribution in [0.1, 0.15) is 62.9 Å². The second-order valence-electron chi connectivity index (χ2n) is 5.79. The molecule has 0 bridgehead atoms. The van der Waals surface area contributed by atoms with Crippen LogP contribution in [0.2, 0.25) is 0 Å². The van der Waals surface area contributed by atoms with E-state index in [1.54, 1.807) is 0 Å². The van der Waals surface area contributed by atoms with E-state index in [1.807, 2.05) is 19.9 Å². The van der Waals surface area contributed by atoms with Crippen molar-refractivity contribution < 1.29 is 19.1 Å². The van der Waals surface area contributed by atoms with Crippen molar-refractivity contribution in [3.8, 4) is 0 Å². The predicted molar refractivity (Wildman–Crippen MR) is 89.6 cm³/mol. The highest BCUT2D eigenvalue weighted by Crippen LogP contribution is 2.16. The van der Waals surface area contributed by atoms with E-state index in [-0.39, 0.29) is 23.9 Å². The number of rotatable bonds is 7. The van der Waals surface area contributed by atoms with Gasteiger partial charge in [0.25, 0.3) is 0 Å². The normalized spacial score (nSPS) is 10.7. The first kappa shape index (κ1) is 17.7. The van der Waals surface area contributed by atoms with Crippen molar-refractivity contribution in [1.82, 2.24) is 9.55 Å². The predicted octanol–water partition coefficient (Wildman–Crippen LogP) is 3.09. The number of aryl methyl sites for hydroxylation is 1. The van der Waals surface area contributed by atoms with E-state index in [0.717, 1.165) is 24.4 Å². The fraction of sp³-hybridized carbons (Fsp3) is 0.389. The van der Waals surface area contributed by atoms with Crippen LogP contribution < -0.4 is 0 Å². The lowest BCUT2D eigenvalue weighted by Gasteiger charge is -2.07. The van der Waals surface area contributed by atoms with E-state index < -0.39 is 5.97 Å². The number of aromatic nitrogens is 2. The van der Waals surface area contributed by atoms with Gasteiger partial charge in [-0.15, -0.1) is 0 Å². The summed E-state index contributed by atoms with van der Waals surface area (Å²) in [4.78, 5) is 38.2. The van der Waals surface area contributed by atoms with Crippen LogP contribution in [0.25, 0.3) is 0 Å². The second-order valence-corrected chi connectivity index (χ2v) is 5.79. The summed E-state index contributed by atoms with van der Waals surface area (Å²) < 4.78 is 7.14. The van der Waals surface area contributed by atoms with Crippen LogP contribution in [0.3, 0.4) is 0 Å². The van der Waals surface area contributed by atoms with Gasteiger partial charge in [0.15, 0.2) is 12.4 Å². The largest absolute Gasteiger partial charge is 0.453 e. The summed E-state index contributed by atoms with van der Waals surface area (Å²) in [5.74, 6) is -1.04. The number of ketones is 2. The van der Waals surface area contributed by atoms with Crippen molar-refractivity contribution >= 4 is 17.5 Å². The number of aromatic amines is 1. The summed E-state index contributed by atoms with van der Waals surface area (Å²) >= 11 is 0. The minimum Gasteiger partial charge on any atom is -0.453 e. The smallest absolute Gasteiger partial charge is 0.355 e. The average Bonchev–Trinajstić information content (AvgIpc) is 3.13. The molecule has 6 nitrogen and oxygen atoms in total. The number of hydrogen-bond donors (Lipinski definition) is 1. The molecule has 0 unspecified atom stereocenters. The lowest BCUT2D eigenvalue weighted by Crippen LogP contribution is -2.15. The zero-order valence-electron chi connectivity index (χ0n) is 14.4. The van der Waals surface area contributed by atoms with Gasteiger partial charge in [0.2, 0.25) is 5.78 Å². The van der Waals surface area contributed by atoms with Crippen molar-refractivity contribution in [3.05, 3.63) is 46.5 Å². The quantitative estimate of drug-likeness (QED) is 0.625. The van der Waals surface area contributed by atoms with Crippen molar-refractivity contribution in [2.75, 3.05) is 6.61 Å². The number of nitrogens with one attached hydrogen (secondary N) is 1. The average molecular weight is 330 g/mol. The number of Topliss-reactive ketones (excluding diaryl/α,β-unsaturated/α-hetero) is 2. The number of nitrogens with zero attached hydrogens (tertiary/aromatic N) is 1. The molecule has 0 spiro atoms. The summed E-state index contributed by atoms with van der Waals surface area (Å²) in [7, 11) is 0. The standard InChI is InChI=1S/C18H22N2O4/c1-5-6-20-11(2)7-15(12(20)3)17(22)10-24-18(23)16-8-14(9-19-16)13(4)21/h7-9,19H,5-6,10H2,1-4H3. The topological polar surface area (TPSA) is 81.2 Å². The number of H-pyrrole nitrogens is 1. The number of ether oxygens (including phenoxy) is 1. The molecule has 0 amide bonds. The van der Waals surface area contributed by atoms with Gasteiger partial charge in [-0.05, 0) is 39.3 Å². The van der Waals surface area contributed by atoms with Crippen LogP contribution in [0, 0.1) is 13.8 Å². The van der Waals surface area contributed by atoms with Gasteiger partial charge in [-0.1, -0.05) is 6.92 Å². The molecular formula is C18H22N2O4. The van der Waals surface area contributed by atoms with Crippen molar-refractivity contribution in [2.24, 2.45) is 0 Å². The van der Waals surface area contributed by atoms with Gasteiger partial charge in [-0.25, -0.2) is 4.79 Å². The summed E-state index contributed by atoms with van der Waals surface area (Å²) in [6, 6.07) is 3.24. The van der Waals surface area contributed by atoms with Gasteiger partial charge >= 0.3 is 5.97 Å². The number of esters is 1. The number of hydrogen-bond acceptors (Lipinski definition) is 4. The maximum absolute atomic E-state index is 12.3. The molecule has 6 heteroatoms. The monoisotopic (exact) mass is 330 g/mol. The van der Waals surface area contributed by atoms with Crippen molar-refractivity contribution in [1.29, 1.82) is 0 Å². The molecule has 2 aromatic rings. The lowest BCUT2D eigenvalue weighted by atomic mass is 10.1. The van der Waals surface area contributed by atoms with E-state index in [2.05, 4.69) is 16.5 Å². The van der Waals surface area contributed by atoms with Crippen LogP contribution in [0.4, 0.5) is 0 Å². The Morgan fingerprint density at radius 3 is 2.50 bits per heavy atom. The Morgan fingerprint density at radius 1 is 1.21 bits per heavy atom. The molecule has 2 aromatic heterocycles. The van der Waals surface area contributed by atoms with E-state index in [1.165, 1.54) is 19.2 Å². The third kappa shape index (κ3) is 3.64. The molecule has 24 heavy (non-hydrogen) atoms. The zero-order chi connectivity index (χ0) is 17.9. The molecule has 1 N–H and O–H groups in total. The van der Waals surface area contributed by atoms with Crippen LogP contribution in [0.5, 0.6) is 0 Å². The molecule has 0 aromatic carbocycles. The Labute approximate surface area is 140 Å². The van der Waals surface area contributed by atoms with E-state index in [9.17, 15) is 14.4 Å². The summed E-state index contributed by atoms with van der Waals surface area (Å²) in [6.07, 6.45) is 2.42. The van der Waals surface area contributed by atoms with Gasteiger partial charge < -0.3 is 14.3 Å². The Kier molecular flexibility index (Phi) is 5.39. The second kappa shape index (κ2) is 7.29. The van der Waals surface area contributed by atoms with Gasteiger partial charge in [0.1, 0.15) is 5.69 Å². The zero-order valence-corrected chi connectivity index (χ0v) is 14.4. The van der Waals surface area contributed by atoms with E-state index >= 15 is 0 Å². The van der Waals surface area contributed by atoms with Crippen LogP contribution in [-0.4, -0.2) is 33.7 Å². The number of carbonyl (C=O) groups is 3. The first-order valence-corrected chi connectivity index (χ1v) is 7.91. The molecule has 0 saturated heterocycles. The molecule has 2 rings (SSSR count). The van der Waals surface area contributed by atoms with Gasteiger partial charge in [0.05, 0.1) is 0 Å². The number of carbonyl (C=O) groups excluding carboxylic acids is 3. The first-order valence-electron chi connectivity index (χ1n) is 7.91. The molecule has 0 aliphatic rings. The van der Waals surface area contributed by atoms with Crippen LogP contribution in [-0.2, 0) is 11.3 Å². The summed E-state index contributed by atoms with van der Waals surface area (Å²) in [5.41, 5.74) is 3.03. The highest BCUT2D eigenvalue weighted by Gasteiger charge is 2.18. The molecule has 0 saturated carbocycles. The Balaban J connectivity index is 2.03. The highest BCUT2D eigenvalue weighted by molar-refractivity contribution is 6.01. The Morgan fingerprint density at radius 2 is 1.92 bits per heavy atom. The molecule has 0 radical (unpaired) electrons. The fourth-order valence-corrected chi connectivity index (χ4v) is 2.65. The van der Waals surface area contributed by atoms with Gasteiger partial charge in [-0.3, -0.25) is 9.59 Å². The SMILES string of the molecule is CCCn1c(C)cc(C(=O)COC(=O)c2cc(C(C)=O)c[nH]2)c1C. The molecule has 2 heterocycles. The van der Waals surface area contributed by atoms with Crippen molar-refractivity contribution in [2.45, 2.75) is 40.7 Å². The van der Waals surface area contributed by atoms with Gasteiger partial charge in [-0.2, -0.15) is 0 Å².